The third kappa shape index (κ3) is 5.90. The molecule has 1 N–H and O–H groups in total. The van der Waals surface area contributed by atoms with Gasteiger partial charge in [-0.2, -0.15) is 5.10 Å². The molecule has 35 heavy (non-hydrogen) atoms. The summed E-state index contributed by atoms with van der Waals surface area (Å²) in [5.41, 5.74) is 0.139. The van der Waals surface area contributed by atoms with Gasteiger partial charge in [0.2, 0.25) is 5.43 Å². The first-order chi connectivity index (χ1) is 16.6. The molecule has 4 aromatic rings. The molecule has 0 amide bonds. The molecule has 0 atom stereocenters. The van der Waals surface area contributed by atoms with Gasteiger partial charge < -0.3 is 9.84 Å². The first-order valence-electron chi connectivity index (χ1n) is 10.6. The molecule has 4 rings (SSSR count). The van der Waals surface area contributed by atoms with Crippen LogP contribution in [-0.2, 0) is 6.42 Å². The van der Waals surface area contributed by atoms with Gasteiger partial charge >= 0.3 is 0 Å². The van der Waals surface area contributed by atoms with Crippen molar-refractivity contribution in [2.24, 2.45) is 0 Å². The molecule has 0 bridgehead atoms. The van der Waals surface area contributed by atoms with E-state index < -0.39 is 23.1 Å². The molecule has 2 heterocycles. The van der Waals surface area contributed by atoms with Crippen LogP contribution in [0.3, 0.4) is 0 Å². The van der Waals surface area contributed by atoms with E-state index in [9.17, 15) is 23.1 Å². The van der Waals surface area contributed by atoms with Crippen LogP contribution in [0.5, 0.6) is 5.75 Å². The monoisotopic (exact) mass is 482 g/mol. The van der Waals surface area contributed by atoms with Crippen molar-refractivity contribution in [1.82, 2.24) is 19.7 Å². The van der Waals surface area contributed by atoms with Crippen LogP contribution in [-0.4, -0.2) is 37.1 Å². The van der Waals surface area contributed by atoms with Crippen LogP contribution in [0, 0.1) is 17.5 Å². The van der Waals surface area contributed by atoms with Crippen molar-refractivity contribution in [3.8, 4) is 22.8 Å². The van der Waals surface area contributed by atoms with Crippen molar-refractivity contribution in [3.63, 3.8) is 0 Å². The molecule has 0 aliphatic carbocycles. The minimum absolute atomic E-state index is 0.0586. The molecule has 0 radical (unpaired) electrons. The molecule has 10 heteroatoms. The summed E-state index contributed by atoms with van der Waals surface area (Å²) in [5.74, 6) is -3.45. The summed E-state index contributed by atoms with van der Waals surface area (Å²) in [6.45, 7) is 3.34. The number of rotatable bonds is 7. The van der Waals surface area contributed by atoms with Crippen molar-refractivity contribution in [3.05, 3.63) is 100.0 Å². The number of aliphatic hydroxyl groups is 1. The molecule has 7 nitrogen and oxygen atoms in total. The number of halogens is 3. The first kappa shape index (κ1) is 24.1. The van der Waals surface area contributed by atoms with E-state index in [1.54, 1.807) is 38.1 Å². The molecule has 0 spiro atoms. The molecule has 2 aromatic carbocycles. The molecule has 2 aromatic heterocycles. The predicted octanol–water partition coefficient (Wildman–Crippen LogP) is 3.85. The number of benzene rings is 2. The molecule has 0 aliphatic rings. The Kier molecular flexibility index (Phi) is 6.65. The maximum absolute atomic E-state index is 13.6. The lowest BCUT2D eigenvalue weighted by Crippen LogP contribution is -2.27. The minimum Gasteiger partial charge on any atom is -0.487 e. The van der Waals surface area contributed by atoms with Crippen LogP contribution in [0.4, 0.5) is 13.2 Å². The number of hydrogen-bond donors (Lipinski definition) is 1. The zero-order valence-electron chi connectivity index (χ0n) is 18.9. The van der Waals surface area contributed by atoms with Gasteiger partial charge in [0, 0.05) is 36.4 Å². The zero-order chi connectivity index (χ0) is 25.2. The number of hydrogen-bond acceptors (Lipinski definition) is 6. The quantitative estimate of drug-likeness (QED) is 0.403. The largest absolute Gasteiger partial charge is 0.487 e. The zero-order valence-corrected chi connectivity index (χ0v) is 18.9. The van der Waals surface area contributed by atoms with Gasteiger partial charge in [-0.15, -0.1) is 0 Å². The normalized spacial score (nSPS) is 11.5. The van der Waals surface area contributed by atoms with Crippen molar-refractivity contribution < 1.29 is 23.0 Å². The van der Waals surface area contributed by atoms with E-state index in [-0.39, 0.29) is 29.8 Å². The van der Waals surface area contributed by atoms with Gasteiger partial charge in [-0.3, -0.25) is 4.79 Å². The highest BCUT2D eigenvalue weighted by atomic mass is 19.2. The van der Waals surface area contributed by atoms with E-state index >= 15 is 0 Å². The van der Waals surface area contributed by atoms with Crippen LogP contribution in [0.15, 0.2) is 65.8 Å². The molecule has 180 valence electrons. The van der Waals surface area contributed by atoms with Crippen LogP contribution in [0.1, 0.15) is 25.1 Å². The van der Waals surface area contributed by atoms with Crippen molar-refractivity contribution in [2.45, 2.75) is 25.9 Å². The van der Waals surface area contributed by atoms with E-state index in [2.05, 4.69) is 15.1 Å². The Hall–Kier alpha value is -4.05. The number of aromatic nitrogens is 4. The van der Waals surface area contributed by atoms with E-state index in [4.69, 9.17) is 4.74 Å². The van der Waals surface area contributed by atoms with Gasteiger partial charge in [-0.25, -0.2) is 27.8 Å². The smallest absolute Gasteiger partial charge is 0.203 e. The SMILES string of the molecule is CC(C)(O)COc1cnc(-c2cccc(Cc3nn(-c4cc(F)c(F)c(F)c4)ccc3=O)c2)nc1. The summed E-state index contributed by atoms with van der Waals surface area (Å²) >= 11 is 0. The summed E-state index contributed by atoms with van der Waals surface area (Å²) in [4.78, 5) is 21.0. The lowest BCUT2D eigenvalue weighted by molar-refractivity contribution is 0.0282. The van der Waals surface area contributed by atoms with Crippen molar-refractivity contribution >= 4 is 0 Å². The maximum atomic E-state index is 13.6. The second-order valence-corrected chi connectivity index (χ2v) is 8.52. The van der Waals surface area contributed by atoms with Crippen molar-refractivity contribution in [1.29, 1.82) is 0 Å². The lowest BCUT2D eigenvalue weighted by atomic mass is 10.1. The molecule has 0 saturated heterocycles. The van der Waals surface area contributed by atoms with Crippen LogP contribution >= 0.6 is 0 Å². The molecule has 0 unspecified atom stereocenters. The Bertz CT molecular complexity index is 1390. The summed E-state index contributed by atoms with van der Waals surface area (Å²) in [7, 11) is 0. The van der Waals surface area contributed by atoms with Gasteiger partial charge in [0.15, 0.2) is 29.0 Å². The third-order valence-electron chi connectivity index (χ3n) is 4.89. The Morgan fingerprint density at radius 3 is 2.37 bits per heavy atom. The van der Waals surface area contributed by atoms with Gasteiger partial charge in [-0.1, -0.05) is 18.2 Å². The van der Waals surface area contributed by atoms with Crippen LogP contribution in [0.2, 0.25) is 0 Å². The van der Waals surface area contributed by atoms with Crippen LogP contribution in [0.25, 0.3) is 17.1 Å². The molecule has 0 fully saturated rings. The summed E-state index contributed by atoms with van der Waals surface area (Å²) in [6.07, 6.45) is 4.38. The minimum atomic E-state index is -1.58. The van der Waals surface area contributed by atoms with Gasteiger partial charge in [-0.05, 0) is 25.5 Å². The standard InChI is InChI=1S/C25H21F3N4O3/c1-25(2,34)14-35-18-12-29-24(30-13-18)16-5-3-4-15(8-16)9-21-22(33)6-7-32(31-21)17-10-19(26)23(28)20(27)11-17/h3-8,10-13,34H,9,14H2,1-2H3. The summed E-state index contributed by atoms with van der Waals surface area (Å²) in [6, 6.07) is 9.98. The van der Waals surface area contributed by atoms with E-state index in [0.717, 1.165) is 22.4 Å². The van der Waals surface area contributed by atoms with Gasteiger partial charge in [0.25, 0.3) is 0 Å². The summed E-state index contributed by atoms with van der Waals surface area (Å²) < 4.78 is 47.1. The Morgan fingerprint density at radius 1 is 1.03 bits per heavy atom. The second-order valence-electron chi connectivity index (χ2n) is 8.52. The fraction of sp³-hybridized carbons (Fsp3) is 0.200. The third-order valence-corrected chi connectivity index (χ3v) is 4.89. The first-order valence-corrected chi connectivity index (χ1v) is 10.6. The molecule has 0 saturated carbocycles. The van der Waals surface area contributed by atoms with E-state index in [1.807, 2.05) is 0 Å². The predicted molar refractivity (Wildman–Crippen MR) is 122 cm³/mol. The van der Waals surface area contributed by atoms with E-state index in [1.165, 1.54) is 24.7 Å². The fourth-order valence-electron chi connectivity index (χ4n) is 3.20. The number of nitrogens with zero attached hydrogens (tertiary/aromatic N) is 4. The van der Waals surface area contributed by atoms with E-state index in [0.29, 0.717) is 17.1 Å². The molecule has 0 aliphatic heterocycles. The average Bonchev–Trinajstić information content (AvgIpc) is 2.82. The lowest BCUT2D eigenvalue weighted by Gasteiger charge is -2.17. The fourth-order valence-corrected chi connectivity index (χ4v) is 3.20. The molecular formula is C25H21F3N4O3. The highest BCUT2D eigenvalue weighted by Crippen LogP contribution is 2.20. The topological polar surface area (TPSA) is 90.1 Å². The molecular weight excluding hydrogens is 461 g/mol. The van der Waals surface area contributed by atoms with Crippen LogP contribution < -0.4 is 10.2 Å². The second kappa shape index (κ2) is 9.67. The van der Waals surface area contributed by atoms with Crippen molar-refractivity contribution in [2.75, 3.05) is 6.61 Å². The Morgan fingerprint density at radius 2 is 1.71 bits per heavy atom. The Balaban J connectivity index is 1.56. The number of ether oxygens (including phenoxy) is 1. The Labute approximate surface area is 198 Å². The van der Waals surface area contributed by atoms with Gasteiger partial charge in [0.1, 0.15) is 12.3 Å². The van der Waals surface area contributed by atoms with Gasteiger partial charge in [0.05, 0.1) is 23.7 Å². The summed E-state index contributed by atoms with van der Waals surface area (Å²) in [5, 5.41) is 13.9. The highest BCUT2D eigenvalue weighted by Gasteiger charge is 2.15. The maximum Gasteiger partial charge on any atom is 0.203 e. The highest BCUT2D eigenvalue weighted by molar-refractivity contribution is 5.56. The average molecular weight is 482 g/mol.